The van der Waals surface area contributed by atoms with Gasteiger partial charge in [-0.2, -0.15) is 0 Å². The zero-order valence-corrected chi connectivity index (χ0v) is 14.7. The van der Waals surface area contributed by atoms with E-state index in [-0.39, 0.29) is 0 Å². The average molecular weight is 384 g/mol. The lowest BCUT2D eigenvalue weighted by atomic mass is 10.1. The Balaban J connectivity index is 2.26. The molecule has 0 fully saturated rings. The Labute approximate surface area is 153 Å². The summed E-state index contributed by atoms with van der Waals surface area (Å²) in [5.41, 5.74) is 8.89. The van der Waals surface area contributed by atoms with E-state index in [4.69, 9.17) is 52.1 Å². The van der Waals surface area contributed by atoms with Crippen LogP contribution in [0.4, 0.5) is 5.69 Å². The highest BCUT2D eigenvalue weighted by Gasteiger charge is 2.15. The van der Waals surface area contributed by atoms with Crippen molar-refractivity contribution >= 4 is 52.1 Å². The van der Waals surface area contributed by atoms with Crippen LogP contribution in [0.25, 0.3) is 22.5 Å². The summed E-state index contributed by atoms with van der Waals surface area (Å²) in [7, 11) is 0. The molecule has 2 N–H and O–H groups in total. The number of anilines is 1. The van der Waals surface area contributed by atoms with E-state index in [0.29, 0.717) is 48.3 Å². The second kappa shape index (κ2) is 6.58. The van der Waals surface area contributed by atoms with Crippen molar-refractivity contribution in [2.24, 2.45) is 0 Å². The molecule has 0 unspecified atom stereocenters. The number of nitrogens with zero attached hydrogens (tertiary/aromatic N) is 1. The maximum atomic E-state index is 6.26. The fourth-order valence-corrected chi connectivity index (χ4v) is 3.48. The number of rotatable bonds is 2. The van der Waals surface area contributed by atoms with Gasteiger partial charge in [0.05, 0.1) is 31.5 Å². The maximum Gasteiger partial charge on any atom is 0.0760 e. The number of nitrogens with two attached hydrogens (primary N) is 1. The minimum atomic E-state index is 0.492. The van der Waals surface area contributed by atoms with E-state index in [1.54, 1.807) is 48.5 Å². The Morgan fingerprint density at radius 1 is 0.652 bits per heavy atom. The van der Waals surface area contributed by atoms with Gasteiger partial charge in [0.1, 0.15) is 0 Å². The average Bonchev–Trinajstić information content (AvgIpc) is 2.46. The lowest BCUT2D eigenvalue weighted by molar-refractivity contribution is 1.32. The van der Waals surface area contributed by atoms with Crippen molar-refractivity contribution in [1.29, 1.82) is 0 Å². The van der Waals surface area contributed by atoms with Crippen LogP contribution < -0.4 is 5.73 Å². The number of halogens is 4. The zero-order valence-electron chi connectivity index (χ0n) is 11.7. The SMILES string of the molecule is Nc1cc(-c2c(Cl)cccc2Cl)nc(-c2c(Cl)cccc2Cl)c1. The van der Waals surface area contributed by atoms with E-state index in [2.05, 4.69) is 4.98 Å². The van der Waals surface area contributed by atoms with Crippen LogP contribution >= 0.6 is 46.4 Å². The number of nitrogen functional groups attached to an aromatic ring is 1. The molecule has 3 rings (SSSR count). The maximum absolute atomic E-state index is 6.26. The molecular weight excluding hydrogens is 374 g/mol. The Hall–Kier alpha value is -1.45. The van der Waals surface area contributed by atoms with Gasteiger partial charge in [0.25, 0.3) is 0 Å². The number of benzene rings is 2. The summed E-state index contributed by atoms with van der Waals surface area (Å²) < 4.78 is 0. The van der Waals surface area contributed by atoms with Gasteiger partial charge in [-0.1, -0.05) is 58.5 Å². The molecule has 0 saturated heterocycles. The Morgan fingerprint density at radius 3 is 1.35 bits per heavy atom. The fraction of sp³-hybridized carbons (Fsp3) is 0. The van der Waals surface area contributed by atoms with Gasteiger partial charge in [-0.3, -0.25) is 0 Å². The molecule has 0 aliphatic carbocycles. The first kappa shape index (κ1) is 16.4. The molecule has 2 aromatic carbocycles. The Morgan fingerprint density at radius 2 is 1.00 bits per heavy atom. The van der Waals surface area contributed by atoms with Crippen LogP contribution in [0.1, 0.15) is 0 Å². The van der Waals surface area contributed by atoms with Gasteiger partial charge in [-0.25, -0.2) is 4.98 Å². The highest BCUT2D eigenvalue weighted by molar-refractivity contribution is 6.40. The van der Waals surface area contributed by atoms with Gasteiger partial charge >= 0.3 is 0 Å². The summed E-state index contributed by atoms with van der Waals surface area (Å²) in [6.45, 7) is 0. The molecule has 0 spiro atoms. The minimum absolute atomic E-state index is 0.492. The second-order valence-corrected chi connectivity index (χ2v) is 6.49. The van der Waals surface area contributed by atoms with E-state index in [0.717, 1.165) is 0 Å². The van der Waals surface area contributed by atoms with Crippen LogP contribution in [0.2, 0.25) is 20.1 Å². The third-order valence-electron chi connectivity index (χ3n) is 3.29. The third-order valence-corrected chi connectivity index (χ3v) is 4.55. The van der Waals surface area contributed by atoms with Gasteiger partial charge in [-0.15, -0.1) is 0 Å². The summed E-state index contributed by atoms with van der Waals surface area (Å²) in [6, 6.07) is 13.9. The predicted molar refractivity (Wildman–Crippen MR) is 99.6 cm³/mol. The molecule has 116 valence electrons. The van der Waals surface area contributed by atoms with Gasteiger partial charge in [0.2, 0.25) is 0 Å². The molecule has 0 amide bonds. The number of pyridine rings is 1. The normalized spacial score (nSPS) is 10.8. The smallest absolute Gasteiger partial charge is 0.0760 e. The van der Waals surface area contributed by atoms with Crippen molar-refractivity contribution in [2.45, 2.75) is 0 Å². The monoisotopic (exact) mass is 382 g/mol. The molecule has 2 nitrogen and oxygen atoms in total. The molecule has 1 aromatic heterocycles. The summed E-state index contributed by atoms with van der Waals surface area (Å²) in [5, 5.41) is 1.97. The molecule has 1 heterocycles. The van der Waals surface area contributed by atoms with Crippen LogP contribution in [-0.2, 0) is 0 Å². The van der Waals surface area contributed by atoms with Crippen LogP contribution in [0.15, 0.2) is 48.5 Å². The molecule has 0 radical (unpaired) electrons. The lowest BCUT2D eigenvalue weighted by Gasteiger charge is -2.12. The minimum Gasteiger partial charge on any atom is -0.399 e. The zero-order chi connectivity index (χ0) is 16.6. The molecule has 3 aromatic rings. The molecule has 0 saturated carbocycles. The first-order valence-corrected chi connectivity index (χ1v) is 8.15. The fourth-order valence-electron chi connectivity index (χ4n) is 2.29. The van der Waals surface area contributed by atoms with E-state index in [1.165, 1.54) is 0 Å². The number of hydrogen-bond acceptors (Lipinski definition) is 2. The quantitative estimate of drug-likeness (QED) is 0.540. The van der Waals surface area contributed by atoms with Crippen molar-refractivity contribution in [3.8, 4) is 22.5 Å². The molecule has 6 heteroatoms. The summed E-state index contributed by atoms with van der Waals surface area (Å²) in [6.07, 6.45) is 0. The topological polar surface area (TPSA) is 38.9 Å². The molecular formula is C17H10Cl4N2. The van der Waals surface area contributed by atoms with Crippen LogP contribution in [-0.4, -0.2) is 4.98 Å². The standard InChI is InChI=1S/C17H10Cl4N2/c18-10-3-1-4-11(19)16(10)14-7-9(22)8-15(23-14)17-12(20)5-2-6-13(17)21/h1-8H,(H2,22,23). The van der Waals surface area contributed by atoms with Crippen molar-refractivity contribution < 1.29 is 0 Å². The van der Waals surface area contributed by atoms with Crippen LogP contribution in [0.3, 0.4) is 0 Å². The van der Waals surface area contributed by atoms with Crippen LogP contribution in [0.5, 0.6) is 0 Å². The van der Waals surface area contributed by atoms with Crippen molar-refractivity contribution in [3.63, 3.8) is 0 Å². The highest BCUT2D eigenvalue weighted by atomic mass is 35.5. The van der Waals surface area contributed by atoms with Gasteiger partial charge in [0, 0.05) is 16.8 Å². The molecule has 23 heavy (non-hydrogen) atoms. The molecule has 0 bridgehead atoms. The number of hydrogen-bond donors (Lipinski definition) is 1. The Kier molecular flexibility index (Phi) is 4.69. The lowest BCUT2D eigenvalue weighted by Crippen LogP contribution is -1.95. The summed E-state index contributed by atoms with van der Waals surface area (Å²) >= 11 is 25.0. The van der Waals surface area contributed by atoms with Crippen molar-refractivity contribution in [1.82, 2.24) is 4.98 Å². The third kappa shape index (κ3) is 3.26. The van der Waals surface area contributed by atoms with Gasteiger partial charge in [0.15, 0.2) is 0 Å². The van der Waals surface area contributed by atoms with E-state index in [9.17, 15) is 0 Å². The van der Waals surface area contributed by atoms with Crippen molar-refractivity contribution in [3.05, 3.63) is 68.6 Å². The van der Waals surface area contributed by atoms with E-state index < -0.39 is 0 Å². The van der Waals surface area contributed by atoms with Crippen molar-refractivity contribution in [2.75, 3.05) is 5.73 Å². The first-order valence-electron chi connectivity index (χ1n) is 6.63. The van der Waals surface area contributed by atoms with Gasteiger partial charge < -0.3 is 5.73 Å². The second-order valence-electron chi connectivity index (χ2n) is 4.86. The van der Waals surface area contributed by atoms with E-state index in [1.807, 2.05) is 0 Å². The summed E-state index contributed by atoms with van der Waals surface area (Å²) in [5.74, 6) is 0. The predicted octanol–water partition coefficient (Wildman–Crippen LogP) is 6.61. The summed E-state index contributed by atoms with van der Waals surface area (Å²) in [4.78, 5) is 4.60. The molecule has 0 aliphatic rings. The van der Waals surface area contributed by atoms with Gasteiger partial charge in [-0.05, 0) is 36.4 Å². The highest BCUT2D eigenvalue weighted by Crippen LogP contribution is 2.38. The first-order chi connectivity index (χ1) is 11.0. The Bertz CT molecular complexity index is 784. The largest absolute Gasteiger partial charge is 0.399 e. The number of aromatic nitrogens is 1. The van der Waals surface area contributed by atoms with E-state index >= 15 is 0 Å². The molecule has 0 aliphatic heterocycles. The molecule has 0 atom stereocenters. The van der Waals surface area contributed by atoms with Crippen LogP contribution in [0, 0.1) is 0 Å².